The number of nitrogens with zero attached hydrogens (tertiary/aromatic N) is 2. The molecule has 1 aliphatic rings. The van der Waals surface area contributed by atoms with Crippen LogP contribution >= 0.6 is 0 Å². The molecule has 104 valence electrons. The van der Waals surface area contributed by atoms with Crippen LogP contribution < -0.4 is 10.6 Å². The Kier molecular flexibility index (Phi) is 4.40. The normalized spacial score (nSPS) is 13.4. The van der Waals surface area contributed by atoms with Crippen LogP contribution in [0.25, 0.3) is 0 Å². The molecule has 1 aliphatic carbocycles. The standard InChI is InChI=1S/C15H24N4/c1-3-4-5-9-19(2)15-12(14(16)17)10-11-7-6-8-13(11)18-15/h10H,3-9H2,1-2H3,(H3,16,17). The number of aryl methyl sites for hydroxylation is 2. The van der Waals surface area contributed by atoms with Gasteiger partial charge in [0, 0.05) is 19.3 Å². The molecule has 4 heteroatoms. The highest BCUT2D eigenvalue weighted by Gasteiger charge is 2.19. The van der Waals surface area contributed by atoms with E-state index in [0.29, 0.717) is 0 Å². The van der Waals surface area contributed by atoms with Crippen molar-refractivity contribution in [2.24, 2.45) is 5.73 Å². The van der Waals surface area contributed by atoms with Gasteiger partial charge in [-0.2, -0.15) is 0 Å². The number of hydrogen-bond donors (Lipinski definition) is 2. The molecule has 0 bridgehead atoms. The minimum absolute atomic E-state index is 0.125. The Labute approximate surface area is 115 Å². The molecule has 0 aliphatic heterocycles. The van der Waals surface area contributed by atoms with Crippen molar-refractivity contribution < 1.29 is 0 Å². The fourth-order valence-corrected chi connectivity index (χ4v) is 2.66. The molecule has 0 unspecified atom stereocenters. The number of nitrogens with one attached hydrogen (secondary N) is 1. The molecule has 4 nitrogen and oxygen atoms in total. The van der Waals surface area contributed by atoms with Gasteiger partial charge < -0.3 is 10.6 Å². The molecule has 0 saturated heterocycles. The molecule has 0 amide bonds. The molecule has 3 N–H and O–H groups in total. The minimum atomic E-state index is 0.125. The molecular weight excluding hydrogens is 236 g/mol. The van der Waals surface area contributed by atoms with Gasteiger partial charge in [-0.05, 0) is 37.3 Å². The van der Waals surface area contributed by atoms with Gasteiger partial charge in [0.25, 0.3) is 0 Å². The van der Waals surface area contributed by atoms with Gasteiger partial charge in [-0.25, -0.2) is 4.98 Å². The molecule has 19 heavy (non-hydrogen) atoms. The molecule has 1 aromatic heterocycles. The predicted octanol–water partition coefficient (Wildman–Crippen LogP) is 2.48. The van der Waals surface area contributed by atoms with Crippen LogP contribution in [0, 0.1) is 5.41 Å². The van der Waals surface area contributed by atoms with Gasteiger partial charge in [0.2, 0.25) is 0 Å². The van der Waals surface area contributed by atoms with Gasteiger partial charge in [0.15, 0.2) is 0 Å². The van der Waals surface area contributed by atoms with E-state index in [0.717, 1.165) is 37.2 Å². The highest BCUT2D eigenvalue weighted by atomic mass is 15.2. The molecule has 0 atom stereocenters. The first-order valence-electron chi connectivity index (χ1n) is 7.21. The van der Waals surface area contributed by atoms with Crippen LogP contribution in [0.3, 0.4) is 0 Å². The molecule has 0 radical (unpaired) electrons. The van der Waals surface area contributed by atoms with E-state index in [2.05, 4.69) is 17.9 Å². The van der Waals surface area contributed by atoms with E-state index in [1.54, 1.807) is 0 Å². The third-order valence-corrected chi connectivity index (χ3v) is 3.78. The number of unbranched alkanes of at least 4 members (excludes halogenated alkanes) is 2. The monoisotopic (exact) mass is 260 g/mol. The molecular formula is C15H24N4. The number of nitrogen functional groups attached to an aromatic ring is 1. The number of aromatic nitrogens is 1. The van der Waals surface area contributed by atoms with Gasteiger partial charge in [-0.3, -0.25) is 5.41 Å². The summed E-state index contributed by atoms with van der Waals surface area (Å²) in [6.45, 7) is 3.18. The van der Waals surface area contributed by atoms with Crippen molar-refractivity contribution in [3.63, 3.8) is 0 Å². The number of fused-ring (bicyclic) bond motifs is 1. The van der Waals surface area contributed by atoms with Crippen LogP contribution in [0.5, 0.6) is 0 Å². The third kappa shape index (κ3) is 3.06. The number of pyridine rings is 1. The number of anilines is 1. The first kappa shape index (κ1) is 13.8. The van der Waals surface area contributed by atoms with E-state index in [1.165, 1.54) is 30.5 Å². The average Bonchev–Trinajstić information content (AvgIpc) is 2.84. The van der Waals surface area contributed by atoms with E-state index in [1.807, 2.05) is 7.05 Å². The summed E-state index contributed by atoms with van der Waals surface area (Å²) in [5.41, 5.74) is 8.98. The number of nitrogens with two attached hydrogens (primary N) is 1. The summed E-state index contributed by atoms with van der Waals surface area (Å²) in [5.74, 6) is 1.00. The molecule has 1 heterocycles. The zero-order valence-electron chi connectivity index (χ0n) is 12.0. The molecule has 0 aromatic carbocycles. The summed E-state index contributed by atoms with van der Waals surface area (Å²) < 4.78 is 0. The van der Waals surface area contributed by atoms with Gasteiger partial charge in [0.05, 0.1) is 5.56 Å². The second kappa shape index (κ2) is 6.04. The summed E-state index contributed by atoms with van der Waals surface area (Å²) in [5, 5.41) is 7.76. The maximum absolute atomic E-state index is 7.76. The lowest BCUT2D eigenvalue weighted by Gasteiger charge is -2.22. The number of amidine groups is 1. The van der Waals surface area contributed by atoms with Crippen molar-refractivity contribution in [1.29, 1.82) is 5.41 Å². The van der Waals surface area contributed by atoms with Crippen molar-refractivity contribution in [3.8, 4) is 0 Å². The van der Waals surface area contributed by atoms with Gasteiger partial charge in [0.1, 0.15) is 11.7 Å². The summed E-state index contributed by atoms with van der Waals surface area (Å²) in [6, 6.07) is 2.07. The van der Waals surface area contributed by atoms with Crippen LogP contribution in [-0.2, 0) is 12.8 Å². The highest BCUT2D eigenvalue weighted by molar-refractivity contribution is 5.99. The average molecular weight is 260 g/mol. The first-order valence-corrected chi connectivity index (χ1v) is 7.21. The van der Waals surface area contributed by atoms with E-state index >= 15 is 0 Å². The largest absolute Gasteiger partial charge is 0.384 e. The maximum atomic E-state index is 7.76. The fourth-order valence-electron chi connectivity index (χ4n) is 2.66. The van der Waals surface area contributed by atoms with Gasteiger partial charge >= 0.3 is 0 Å². The van der Waals surface area contributed by atoms with E-state index < -0.39 is 0 Å². The van der Waals surface area contributed by atoms with Gasteiger partial charge in [-0.1, -0.05) is 19.8 Å². The van der Waals surface area contributed by atoms with Crippen LogP contribution in [-0.4, -0.2) is 24.4 Å². The molecule has 0 saturated carbocycles. The molecule has 0 fully saturated rings. The fraction of sp³-hybridized carbons (Fsp3) is 0.600. The predicted molar refractivity (Wildman–Crippen MR) is 80.1 cm³/mol. The summed E-state index contributed by atoms with van der Waals surface area (Å²) in [7, 11) is 2.05. The zero-order valence-corrected chi connectivity index (χ0v) is 12.0. The smallest absolute Gasteiger partial charge is 0.139 e. The van der Waals surface area contributed by atoms with Crippen molar-refractivity contribution in [3.05, 3.63) is 22.9 Å². The summed E-state index contributed by atoms with van der Waals surface area (Å²) >= 11 is 0. The lowest BCUT2D eigenvalue weighted by molar-refractivity contribution is 0.700. The maximum Gasteiger partial charge on any atom is 0.139 e. The van der Waals surface area contributed by atoms with Crippen LogP contribution in [0.1, 0.15) is 49.4 Å². The second-order valence-electron chi connectivity index (χ2n) is 5.36. The second-order valence-corrected chi connectivity index (χ2v) is 5.36. The Balaban J connectivity index is 2.24. The van der Waals surface area contributed by atoms with Crippen molar-refractivity contribution in [2.45, 2.75) is 45.4 Å². The summed E-state index contributed by atoms with van der Waals surface area (Å²) in [4.78, 5) is 6.90. The first-order chi connectivity index (χ1) is 9.13. The Hall–Kier alpha value is -1.58. The minimum Gasteiger partial charge on any atom is -0.384 e. The highest BCUT2D eigenvalue weighted by Crippen LogP contribution is 2.26. The Morgan fingerprint density at radius 3 is 2.89 bits per heavy atom. The molecule has 2 rings (SSSR count). The molecule has 0 spiro atoms. The van der Waals surface area contributed by atoms with Crippen molar-refractivity contribution in [2.75, 3.05) is 18.5 Å². The Morgan fingerprint density at radius 2 is 2.21 bits per heavy atom. The quantitative estimate of drug-likeness (QED) is 0.469. The third-order valence-electron chi connectivity index (χ3n) is 3.78. The zero-order chi connectivity index (χ0) is 13.8. The lowest BCUT2D eigenvalue weighted by atomic mass is 10.1. The topological polar surface area (TPSA) is 66.0 Å². The lowest BCUT2D eigenvalue weighted by Crippen LogP contribution is -2.25. The SMILES string of the molecule is CCCCCN(C)c1nc2c(cc1C(=N)N)CCC2. The summed E-state index contributed by atoms with van der Waals surface area (Å²) in [6.07, 6.45) is 6.90. The Morgan fingerprint density at radius 1 is 1.42 bits per heavy atom. The number of hydrogen-bond acceptors (Lipinski definition) is 3. The van der Waals surface area contributed by atoms with Gasteiger partial charge in [-0.15, -0.1) is 0 Å². The molecule has 1 aromatic rings. The van der Waals surface area contributed by atoms with E-state index in [9.17, 15) is 0 Å². The van der Waals surface area contributed by atoms with Crippen molar-refractivity contribution in [1.82, 2.24) is 4.98 Å². The van der Waals surface area contributed by atoms with Crippen LogP contribution in [0.2, 0.25) is 0 Å². The van der Waals surface area contributed by atoms with Crippen LogP contribution in [0.4, 0.5) is 5.82 Å². The Bertz CT molecular complexity index is 467. The van der Waals surface area contributed by atoms with E-state index in [-0.39, 0.29) is 5.84 Å². The van der Waals surface area contributed by atoms with Crippen molar-refractivity contribution >= 4 is 11.7 Å². The number of rotatable bonds is 6. The van der Waals surface area contributed by atoms with E-state index in [4.69, 9.17) is 16.1 Å². The van der Waals surface area contributed by atoms with Crippen LogP contribution in [0.15, 0.2) is 6.07 Å².